The number of benzene rings is 2. The van der Waals surface area contributed by atoms with Crippen LogP contribution in [0.5, 0.6) is 17.4 Å². The molecular weight excluding hydrogens is 675 g/mol. The number of hydrogen-bond donors (Lipinski definition) is 2. The Morgan fingerprint density at radius 1 is 0.755 bits per heavy atom. The molecule has 0 radical (unpaired) electrons. The Bertz CT molecular complexity index is 1920. The number of amides is 2. The molecule has 2 N–H and O–H groups in total. The molecule has 53 heavy (non-hydrogen) atoms. The number of nitrogens with one attached hydrogen (secondary N) is 2. The molecule has 0 atom stereocenters. The normalized spacial score (nSPS) is 15.4. The van der Waals surface area contributed by atoms with Crippen molar-refractivity contribution in [3.05, 3.63) is 77.7 Å². The molecule has 2 aliphatic heterocycles. The summed E-state index contributed by atoms with van der Waals surface area (Å²) in [5.74, 6) is 1.37. The van der Waals surface area contributed by atoms with Crippen molar-refractivity contribution in [3.8, 4) is 51.0 Å². The van der Waals surface area contributed by atoms with Crippen molar-refractivity contribution in [2.24, 2.45) is 0 Å². The standard InChI is InChI=1S/C41H49FN6O5/c1-26(49)47-19-14-31(15-20-47)44-24-29-10-9-28(23-37(29)51-3)39-38(42)33(13-18-43-39)34-7-6-8-35(40(34)52-4)36-12-11-30(41(46-36)53-5)25-45-32-16-21-48(22-17-32)27(2)50/h6-13,18,23,31-32,44-45H,14-17,19-22,24-25H2,1-5H3. The number of aromatic nitrogens is 2. The third kappa shape index (κ3) is 8.60. The van der Waals surface area contributed by atoms with Crippen molar-refractivity contribution in [1.29, 1.82) is 0 Å². The highest BCUT2D eigenvalue weighted by atomic mass is 19.1. The van der Waals surface area contributed by atoms with E-state index in [0.29, 0.717) is 70.5 Å². The van der Waals surface area contributed by atoms with Crippen molar-refractivity contribution in [2.75, 3.05) is 47.5 Å². The van der Waals surface area contributed by atoms with Gasteiger partial charge in [0.2, 0.25) is 17.7 Å². The van der Waals surface area contributed by atoms with Gasteiger partial charge in [-0.15, -0.1) is 0 Å². The Morgan fingerprint density at radius 3 is 1.94 bits per heavy atom. The average Bonchev–Trinajstić information content (AvgIpc) is 3.19. The molecule has 6 rings (SSSR count). The molecule has 0 bridgehead atoms. The summed E-state index contributed by atoms with van der Waals surface area (Å²) in [6, 6.07) is 17.4. The zero-order valence-electron chi connectivity index (χ0n) is 31.2. The fourth-order valence-electron chi connectivity index (χ4n) is 7.30. The predicted octanol–water partition coefficient (Wildman–Crippen LogP) is 5.84. The van der Waals surface area contributed by atoms with Crippen LogP contribution >= 0.6 is 0 Å². The van der Waals surface area contributed by atoms with Crippen molar-refractivity contribution < 1.29 is 28.2 Å². The molecule has 0 saturated carbocycles. The molecule has 4 aromatic rings. The highest BCUT2D eigenvalue weighted by molar-refractivity contribution is 5.83. The third-order valence-electron chi connectivity index (χ3n) is 10.4. The quantitative estimate of drug-likeness (QED) is 0.186. The molecule has 11 nitrogen and oxygen atoms in total. The van der Waals surface area contributed by atoms with E-state index in [1.165, 1.54) is 0 Å². The van der Waals surface area contributed by atoms with E-state index >= 15 is 4.39 Å². The number of ether oxygens (including phenoxy) is 3. The maximum absolute atomic E-state index is 16.5. The average molecular weight is 725 g/mol. The maximum atomic E-state index is 16.5. The van der Waals surface area contributed by atoms with Gasteiger partial charge >= 0.3 is 0 Å². The molecule has 2 aromatic carbocycles. The molecule has 280 valence electrons. The number of likely N-dealkylation sites (tertiary alicyclic amines) is 2. The van der Waals surface area contributed by atoms with E-state index in [1.807, 2.05) is 58.3 Å². The first kappa shape index (κ1) is 37.7. The van der Waals surface area contributed by atoms with Crippen molar-refractivity contribution in [1.82, 2.24) is 30.4 Å². The molecule has 4 heterocycles. The van der Waals surface area contributed by atoms with Gasteiger partial charge in [-0.1, -0.05) is 30.3 Å². The van der Waals surface area contributed by atoms with Gasteiger partial charge in [0.15, 0.2) is 5.82 Å². The van der Waals surface area contributed by atoms with Crippen molar-refractivity contribution in [2.45, 2.75) is 64.7 Å². The number of hydrogen-bond acceptors (Lipinski definition) is 9. The lowest BCUT2D eigenvalue weighted by atomic mass is 9.97. The molecule has 2 fully saturated rings. The Hall–Kier alpha value is -5.07. The number of piperidine rings is 2. The summed E-state index contributed by atoms with van der Waals surface area (Å²) in [6.45, 7) is 7.39. The second kappa shape index (κ2) is 17.2. The van der Waals surface area contributed by atoms with Crippen LogP contribution < -0.4 is 24.8 Å². The Morgan fingerprint density at radius 2 is 1.36 bits per heavy atom. The van der Waals surface area contributed by atoms with E-state index in [4.69, 9.17) is 19.2 Å². The second-order valence-electron chi connectivity index (χ2n) is 13.6. The van der Waals surface area contributed by atoms with Gasteiger partial charge in [-0.2, -0.15) is 0 Å². The van der Waals surface area contributed by atoms with Crippen LogP contribution in [0.15, 0.2) is 60.8 Å². The smallest absolute Gasteiger partial charge is 0.219 e. The number of halogens is 1. The lowest BCUT2D eigenvalue weighted by Crippen LogP contribution is -2.44. The van der Waals surface area contributed by atoms with Crippen LogP contribution in [0, 0.1) is 5.82 Å². The molecule has 2 amide bonds. The van der Waals surface area contributed by atoms with E-state index in [9.17, 15) is 9.59 Å². The van der Waals surface area contributed by atoms with Crippen LogP contribution in [-0.2, 0) is 22.7 Å². The summed E-state index contributed by atoms with van der Waals surface area (Å²) in [6.07, 6.45) is 5.17. The minimum absolute atomic E-state index is 0.115. The molecule has 2 aliphatic rings. The Kier molecular flexibility index (Phi) is 12.2. The van der Waals surface area contributed by atoms with Gasteiger partial charge in [0.05, 0.1) is 27.0 Å². The summed E-state index contributed by atoms with van der Waals surface area (Å²) < 4.78 is 33.9. The number of rotatable bonds is 12. The van der Waals surface area contributed by atoms with E-state index in [0.717, 1.165) is 63.0 Å². The summed E-state index contributed by atoms with van der Waals surface area (Å²) in [5.41, 5.74) is 4.91. The van der Waals surface area contributed by atoms with Gasteiger partial charge in [0.1, 0.15) is 17.2 Å². The minimum atomic E-state index is -0.478. The number of methoxy groups -OCH3 is 3. The number of pyridine rings is 2. The molecule has 12 heteroatoms. The first-order valence-electron chi connectivity index (χ1n) is 18.2. The van der Waals surface area contributed by atoms with Crippen LogP contribution in [0.4, 0.5) is 4.39 Å². The van der Waals surface area contributed by atoms with Gasteiger partial charge < -0.3 is 34.6 Å². The Balaban J connectivity index is 1.20. The largest absolute Gasteiger partial charge is 0.496 e. The topological polar surface area (TPSA) is 118 Å². The first-order valence-corrected chi connectivity index (χ1v) is 18.2. The van der Waals surface area contributed by atoms with Gasteiger partial charge in [0.25, 0.3) is 0 Å². The monoisotopic (exact) mass is 724 g/mol. The molecule has 0 unspecified atom stereocenters. The first-order chi connectivity index (χ1) is 25.7. The van der Waals surface area contributed by atoms with Crippen LogP contribution in [0.25, 0.3) is 33.6 Å². The number of carbonyl (C=O) groups excluding carboxylic acids is 2. The van der Waals surface area contributed by atoms with Crippen molar-refractivity contribution >= 4 is 11.8 Å². The third-order valence-corrected chi connectivity index (χ3v) is 10.4. The van der Waals surface area contributed by atoms with Gasteiger partial charge in [-0.3, -0.25) is 14.6 Å². The van der Waals surface area contributed by atoms with E-state index < -0.39 is 5.82 Å². The minimum Gasteiger partial charge on any atom is -0.496 e. The summed E-state index contributed by atoms with van der Waals surface area (Å²) in [5, 5.41) is 7.18. The molecule has 2 saturated heterocycles. The van der Waals surface area contributed by atoms with E-state index in [2.05, 4.69) is 15.6 Å². The summed E-state index contributed by atoms with van der Waals surface area (Å²) in [4.78, 5) is 36.4. The predicted molar refractivity (Wildman–Crippen MR) is 202 cm³/mol. The van der Waals surface area contributed by atoms with E-state index in [1.54, 1.807) is 47.4 Å². The van der Waals surface area contributed by atoms with Gasteiger partial charge in [0, 0.05) is 105 Å². The second-order valence-corrected chi connectivity index (χ2v) is 13.6. The Labute approximate surface area is 310 Å². The number of nitrogens with zero attached hydrogens (tertiary/aromatic N) is 4. The van der Waals surface area contributed by atoms with Gasteiger partial charge in [-0.05, 0) is 49.9 Å². The molecular formula is C41H49FN6O5. The zero-order chi connectivity index (χ0) is 37.5. The van der Waals surface area contributed by atoms with E-state index in [-0.39, 0.29) is 17.5 Å². The lowest BCUT2D eigenvalue weighted by Gasteiger charge is -2.32. The molecule has 2 aromatic heterocycles. The highest BCUT2D eigenvalue weighted by Crippen LogP contribution is 2.41. The van der Waals surface area contributed by atoms with Crippen LogP contribution in [0.3, 0.4) is 0 Å². The summed E-state index contributed by atoms with van der Waals surface area (Å²) >= 11 is 0. The van der Waals surface area contributed by atoms with Crippen LogP contribution in [-0.4, -0.2) is 91.2 Å². The summed E-state index contributed by atoms with van der Waals surface area (Å²) in [7, 11) is 4.78. The fourth-order valence-corrected chi connectivity index (χ4v) is 7.30. The van der Waals surface area contributed by atoms with Gasteiger partial charge in [-0.25, -0.2) is 9.37 Å². The number of carbonyl (C=O) groups is 2. The molecule has 0 spiro atoms. The van der Waals surface area contributed by atoms with Crippen LogP contribution in [0.1, 0.15) is 50.7 Å². The fraction of sp³-hybridized carbons (Fsp3) is 0.415. The van der Waals surface area contributed by atoms with Crippen molar-refractivity contribution in [3.63, 3.8) is 0 Å². The number of para-hydroxylation sites is 1. The zero-order valence-corrected chi connectivity index (χ0v) is 31.2. The van der Waals surface area contributed by atoms with Crippen LogP contribution in [0.2, 0.25) is 0 Å². The molecule has 0 aliphatic carbocycles. The maximum Gasteiger partial charge on any atom is 0.219 e. The highest BCUT2D eigenvalue weighted by Gasteiger charge is 2.24. The lowest BCUT2D eigenvalue weighted by molar-refractivity contribution is -0.130. The SMILES string of the molecule is COc1cc(-c2nccc(-c3cccc(-c4ccc(CNC5CCN(C(C)=O)CC5)c(OC)n4)c3OC)c2F)ccc1CNC1CCN(C(C)=O)CC1.